The highest BCUT2D eigenvalue weighted by Crippen LogP contribution is 2.37. The van der Waals surface area contributed by atoms with E-state index in [-0.39, 0.29) is 23.4 Å². The highest BCUT2D eigenvalue weighted by molar-refractivity contribution is 5.81. The fraction of sp³-hybridized carbons (Fsp3) is 0.455. The third-order valence-corrected chi connectivity index (χ3v) is 3.47. The number of ether oxygens (including phenoxy) is 1. The van der Waals surface area contributed by atoms with E-state index in [4.69, 9.17) is 15.7 Å². The fourth-order valence-electron chi connectivity index (χ4n) is 2.32. The third kappa shape index (κ3) is 1.90. The SMILES string of the molecule is N#C[C@]1(CO)O[C@@H](n2cnc3c(N)nc(F)nc32)CC1O. The average Bonchev–Trinajstić information content (AvgIpc) is 3.00. The van der Waals surface area contributed by atoms with Crippen molar-refractivity contribution in [1.82, 2.24) is 19.5 Å². The molecule has 2 aromatic heterocycles. The molecule has 9 nitrogen and oxygen atoms in total. The second-order valence-corrected chi connectivity index (χ2v) is 4.69. The molecule has 1 unspecified atom stereocenters. The first-order chi connectivity index (χ1) is 10.0. The Labute approximate surface area is 117 Å². The van der Waals surface area contributed by atoms with Gasteiger partial charge in [0.05, 0.1) is 12.9 Å². The number of nitrogens with two attached hydrogens (primary N) is 1. The average molecular weight is 294 g/mol. The van der Waals surface area contributed by atoms with Gasteiger partial charge in [-0.2, -0.15) is 19.6 Å². The summed E-state index contributed by atoms with van der Waals surface area (Å²) >= 11 is 0. The maximum absolute atomic E-state index is 13.3. The zero-order valence-electron chi connectivity index (χ0n) is 10.6. The minimum atomic E-state index is -1.72. The maximum atomic E-state index is 13.3. The second-order valence-electron chi connectivity index (χ2n) is 4.69. The number of aromatic nitrogens is 4. The molecule has 3 heterocycles. The topological polar surface area (TPSA) is 143 Å². The van der Waals surface area contributed by atoms with Crippen LogP contribution >= 0.6 is 0 Å². The van der Waals surface area contributed by atoms with Gasteiger partial charge in [0.15, 0.2) is 17.0 Å². The van der Waals surface area contributed by atoms with Gasteiger partial charge in [0.2, 0.25) is 5.60 Å². The molecule has 0 amide bonds. The number of aliphatic hydroxyl groups excluding tert-OH is 2. The van der Waals surface area contributed by atoms with Gasteiger partial charge >= 0.3 is 6.08 Å². The van der Waals surface area contributed by atoms with Gasteiger partial charge in [-0.1, -0.05) is 0 Å². The molecule has 1 saturated heterocycles. The summed E-state index contributed by atoms with van der Waals surface area (Å²) in [6, 6.07) is 1.75. The van der Waals surface area contributed by atoms with Gasteiger partial charge in [-0.25, -0.2) is 4.98 Å². The van der Waals surface area contributed by atoms with E-state index >= 15 is 0 Å². The second kappa shape index (κ2) is 4.59. The molecule has 0 aliphatic carbocycles. The number of nitrogens with zero attached hydrogens (tertiary/aromatic N) is 5. The molecule has 1 aliphatic heterocycles. The summed E-state index contributed by atoms with van der Waals surface area (Å²) in [6.45, 7) is -0.667. The van der Waals surface area contributed by atoms with Gasteiger partial charge in [0, 0.05) is 6.42 Å². The first-order valence-electron chi connectivity index (χ1n) is 6.04. The summed E-state index contributed by atoms with van der Waals surface area (Å²) in [5, 5.41) is 28.3. The van der Waals surface area contributed by atoms with Crippen molar-refractivity contribution < 1.29 is 19.3 Å². The zero-order chi connectivity index (χ0) is 15.2. The number of halogens is 1. The Kier molecular flexibility index (Phi) is 2.98. The predicted octanol–water partition coefficient (Wildman–Crippen LogP) is -0.918. The lowest BCUT2D eigenvalue weighted by Gasteiger charge is -2.21. The highest BCUT2D eigenvalue weighted by atomic mass is 19.1. The summed E-state index contributed by atoms with van der Waals surface area (Å²) in [7, 11) is 0. The van der Waals surface area contributed by atoms with Crippen LogP contribution in [0.5, 0.6) is 0 Å². The molecule has 0 radical (unpaired) electrons. The number of hydrogen-bond donors (Lipinski definition) is 3. The quantitative estimate of drug-likeness (QED) is 0.603. The zero-order valence-corrected chi connectivity index (χ0v) is 10.6. The van der Waals surface area contributed by atoms with Crippen molar-refractivity contribution in [2.24, 2.45) is 0 Å². The molecule has 3 rings (SSSR count). The van der Waals surface area contributed by atoms with Crippen molar-refractivity contribution >= 4 is 17.0 Å². The molecule has 3 atom stereocenters. The summed E-state index contributed by atoms with van der Waals surface area (Å²) in [5.41, 5.74) is 4.10. The Morgan fingerprint density at radius 1 is 1.62 bits per heavy atom. The lowest BCUT2D eigenvalue weighted by atomic mass is 10.00. The normalized spacial score (nSPS) is 28.9. The molecule has 1 aliphatic rings. The predicted molar refractivity (Wildman–Crippen MR) is 65.9 cm³/mol. The highest BCUT2D eigenvalue weighted by Gasteiger charge is 2.49. The van der Waals surface area contributed by atoms with Gasteiger partial charge in [-0.15, -0.1) is 0 Å². The lowest BCUT2D eigenvalue weighted by Crippen LogP contribution is -2.41. The monoisotopic (exact) mass is 294 g/mol. The smallest absolute Gasteiger partial charge is 0.312 e. The standard InChI is InChI=1S/C11H11FN6O3/c12-10-16-8(14)7-9(17-10)18(4-15-7)6-1-5(20)11(2-13,3-19)21-6/h4-6,19-20H,1,3H2,(H2,14,16,17)/t5?,6-,11-/m1/s1. The molecule has 4 N–H and O–H groups in total. The third-order valence-electron chi connectivity index (χ3n) is 3.47. The first-order valence-corrected chi connectivity index (χ1v) is 6.04. The van der Waals surface area contributed by atoms with Gasteiger partial charge in [0.25, 0.3) is 0 Å². The Hall–Kier alpha value is -2.35. The Morgan fingerprint density at radius 3 is 3.00 bits per heavy atom. The van der Waals surface area contributed by atoms with Crippen LogP contribution in [0.4, 0.5) is 10.2 Å². The van der Waals surface area contributed by atoms with Gasteiger partial charge in [0.1, 0.15) is 18.4 Å². The van der Waals surface area contributed by atoms with E-state index in [1.807, 2.05) is 0 Å². The molecular weight excluding hydrogens is 283 g/mol. The summed E-state index contributed by atoms with van der Waals surface area (Å²) in [6.07, 6.45) is -1.72. The molecule has 10 heteroatoms. The minimum absolute atomic E-state index is 0.0190. The van der Waals surface area contributed by atoms with Crippen LogP contribution in [0.25, 0.3) is 11.2 Å². The Bertz CT molecular complexity index is 743. The maximum Gasteiger partial charge on any atom is 0.312 e. The number of nitriles is 1. The van der Waals surface area contributed by atoms with E-state index in [1.54, 1.807) is 6.07 Å². The lowest BCUT2D eigenvalue weighted by molar-refractivity contribution is -0.0904. The summed E-state index contributed by atoms with van der Waals surface area (Å²) in [4.78, 5) is 10.9. The van der Waals surface area contributed by atoms with Crippen LogP contribution in [0, 0.1) is 17.4 Å². The molecule has 0 saturated carbocycles. The van der Waals surface area contributed by atoms with Crippen LogP contribution in [0.3, 0.4) is 0 Å². The van der Waals surface area contributed by atoms with Crippen molar-refractivity contribution in [3.05, 3.63) is 12.4 Å². The molecule has 2 aromatic rings. The molecule has 110 valence electrons. The molecule has 0 aromatic carbocycles. The number of hydrogen-bond acceptors (Lipinski definition) is 8. The summed E-state index contributed by atoms with van der Waals surface area (Å²) in [5.74, 6) is -0.122. The van der Waals surface area contributed by atoms with Crippen LogP contribution in [0.2, 0.25) is 0 Å². The first kappa shape index (κ1) is 13.6. The van der Waals surface area contributed by atoms with Crippen molar-refractivity contribution in [2.45, 2.75) is 24.4 Å². The van der Waals surface area contributed by atoms with Crippen molar-refractivity contribution in [2.75, 3.05) is 12.3 Å². The number of imidazole rings is 1. The van der Waals surface area contributed by atoms with Crippen LogP contribution in [-0.2, 0) is 4.74 Å². The van der Waals surface area contributed by atoms with Crippen LogP contribution in [0.15, 0.2) is 6.33 Å². The number of nitrogen functional groups attached to an aromatic ring is 1. The fourth-order valence-corrected chi connectivity index (χ4v) is 2.32. The Balaban J connectivity index is 2.05. The number of aliphatic hydroxyl groups is 2. The van der Waals surface area contributed by atoms with E-state index in [2.05, 4.69) is 15.0 Å². The van der Waals surface area contributed by atoms with Gasteiger partial charge < -0.3 is 20.7 Å². The van der Waals surface area contributed by atoms with Crippen molar-refractivity contribution in [3.8, 4) is 6.07 Å². The van der Waals surface area contributed by atoms with Crippen LogP contribution in [-0.4, -0.2) is 48.0 Å². The number of rotatable bonds is 2. The molecular formula is C11H11FN6O3. The molecule has 0 bridgehead atoms. The van der Waals surface area contributed by atoms with Gasteiger partial charge in [-0.05, 0) is 0 Å². The van der Waals surface area contributed by atoms with Crippen molar-refractivity contribution in [1.29, 1.82) is 5.26 Å². The van der Waals surface area contributed by atoms with Gasteiger partial charge in [-0.3, -0.25) is 4.57 Å². The van der Waals surface area contributed by atoms with E-state index in [0.717, 1.165) is 0 Å². The van der Waals surface area contributed by atoms with Crippen LogP contribution in [0.1, 0.15) is 12.6 Å². The van der Waals surface area contributed by atoms with E-state index in [0.29, 0.717) is 0 Å². The molecule has 1 fully saturated rings. The summed E-state index contributed by atoms with van der Waals surface area (Å²) < 4.78 is 20.0. The number of fused-ring (bicyclic) bond motifs is 1. The Morgan fingerprint density at radius 2 is 2.38 bits per heavy atom. The van der Waals surface area contributed by atoms with Crippen LogP contribution < -0.4 is 5.73 Å². The largest absolute Gasteiger partial charge is 0.392 e. The molecule has 21 heavy (non-hydrogen) atoms. The van der Waals surface area contributed by atoms with E-state index in [1.165, 1.54) is 10.9 Å². The van der Waals surface area contributed by atoms with Crippen molar-refractivity contribution in [3.63, 3.8) is 0 Å². The minimum Gasteiger partial charge on any atom is -0.392 e. The molecule has 0 spiro atoms. The number of anilines is 1. The van der Waals surface area contributed by atoms with E-state index in [9.17, 15) is 14.6 Å². The van der Waals surface area contributed by atoms with E-state index < -0.39 is 30.6 Å².